The summed E-state index contributed by atoms with van der Waals surface area (Å²) in [7, 11) is 0. The van der Waals surface area contributed by atoms with Crippen LogP contribution in [-0.2, 0) is 0 Å². The average Bonchev–Trinajstić information content (AvgIpc) is 2.33. The Labute approximate surface area is 109 Å². The van der Waals surface area contributed by atoms with Gasteiger partial charge in [0.25, 0.3) is 0 Å². The van der Waals surface area contributed by atoms with E-state index in [-0.39, 0.29) is 0 Å². The van der Waals surface area contributed by atoms with Gasteiger partial charge in [0.15, 0.2) is 0 Å². The van der Waals surface area contributed by atoms with Crippen molar-refractivity contribution in [2.24, 2.45) is 10.2 Å². The summed E-state index contributed by atoms with van der Waals surface area (Å²) in [5, 5.41) is 9.24. The number of nitrogens with two attached hydrogens (primary N) is 1. The highest BCUT2D eigenvalue weighted by Crippen LogP contribution is 2.26. The Balaban J connectivity index is 2.20. The Morgan fingerprint density at radius 3 is 2.06 bits per heavy atom. The summed E-state index contributed by atoms with van der Waals surface area (Å²) in [5.41, 5.74) is 7.50. The maximum Gasteiger partial charge on any atom is 0.0873 e. The number of halogens is 2. The molecule has 0 heterocycles. The molecule has 5 heteroatoms. The lowest BCUT2D eigenvalue weighted by Crippen LogP contribution is -1.83. The van der Waals surface area contributed by atoms with Crippen LogP contribution in [-0.4, -0.2) is 0 Å². The van der Waals surface area contributed by atoms with Gasteiger partial charge >= 0.3 is 0 Å². The summed E-state index contributed by atoms with van der Waals surface area (Å²) >= 11 is 11.6. The molecule has 0 aromatic heterocycles. The van der Waals surface area contributed by atoms with Crippen molar-refractivity contribution in [1.29, 1.82) is 0 Å². The average molecular weight is 266 g/mol. The van der Waals surface area contributed by atoms with Crippen molar-refractivity contribution in [3.63, 3.8) is 0 Å². The first-order chi connectivity index (χ1) is 8.15. The molecular weight excluding hydrogens is 257 g/mol. The van der Waals surface area contributed by atoms with E-state index in [1.807, 2.05) is 0 Å². The first-order valence-electron chi connectivity index (χ1n) is 4.87. The van der Waals surface area contributed by atoms with Crippen LogP contribution >= 0.6 is 23.2 Å². The van der Waals surface area contributed by atoms with Crippen LogP contribution in [0.15, 0.2) is 52.7 Å². The Morgan fingerprint density at radius 2 is 1.41 bits per heavy atom. The Bertz CT molecular complexity index is 550. The van der Waals surface area contributed by atoms with Gasteiger partial charge in [-0.15, -0.1) is 0 Å². The summed E-state index contributed by atoms with van der Waals surface area (Å²) in [4.78, 5) is 0. The molecular formula is C12H9Cl2N3. The third-order valence-corrected chi connectivity index (χ3v) is 2.67. The predicted octanol–water partition coefficient (Wildman–Crippen LogP) is 4.99. The predicted molar refractivity (Wildman–Crippen MR) is 71.5 cm³/mol. The maximum absolute atomic E-state index is 5.87. The zero-order valence-electron chi connectivity index (χ0n) is 8.77. The number of hydrogen-bond acceptors (Lipinski definition) is 3. The second-order valence-electron chi connectivity index (χ2n) is 3.38. The van der Waals surface area contributed by atoms with E-state index < -0.39 is 0 Å². The fourth-order valence-electron chi connectivity index (χ4n) is 1.20. The van der Waals surface area contributed by atoms with Gasteiger partial charge in [-0.1, -0.05) is 23.2 Å². The van der Waals surface area contributed by atoms with Crippen molar-refractivity contribution in [1.82, 2.24) is 0 Å². The number of rotatable bonds is 2. The van der Waals surface area contributed by atoms with Crippen molar-refractivity contribution in [3.8, 4) is 0 Å². The van der Waals surface area contributed by atoms with Crippen molar-refractivity contribution in [2.75, 3.05) is 5.73 Å². The van der Waals surface area contributed by atoms with Crippen LogP contribution in [0.2, 0.25) is 10.0 Å². The first kappa shape index (κ1) is 11.9. The number of azo groups is 1. The SMILES string of the molecule is Nc1ccc(N=Nc2ccc(Cl)cc2)cc1Cl. The number of anilines is 1. The molecule has 0 aliphatic rings. The van der Waals surface area contributed by atoms with Gasteiger partial charge in [-0.25, -0.2) is 0 Å². The summed E-state index contributed by atoms with van der Waals surface area (Å²) < 4.78 is 0. The van der Waals surface area contributed by atoms with Crippen LogP contribution in [0.1, 0.15) is 0 Å². The molecule has 0 spiro atoms. The van der Waals surface area contributed by atoms with Crippen LogP contribution in [0.25, 0.3) is 0 Å². The fourth-order valence-corrected chi connectivity index (χ4v) is 1.50. The minimum absolute atomic E-state index is 0.470. The number of benzene rings is 2. The quantitative estimate of drug-likeness (QED) is 0.604. The third-order valence-electron chi connectivity index (χ3n) is 2.09. The molecule has 0 radical (unpaired) electrons. The van der Waals surface area contributed by atoms with Crippen molar-refractivity contribution < 1.29 is 0 Å². The molecule has 2 rings (SSSR count). The monoisotopic (exact) mass is 265 g/mol. The summed E-state index contributed by atoms with van der Waals surface area (Å²) in [6.45, 7) is 0. The van der Waals surface area contributed by atoms with Crippen LogP contribution < -0.4 is 5.73 Å². The molecule has 0 bridgehead atoms. The van der Waals surface area contributed by atoms with Gasteiger partial charge < -0.3 is 5.73 Å². The topological polar surface area (TPSA) is 50.7 Å². The second kappa shape index (κ2) is 5.17. The highest BCUT2D eigenvalue weighted by Gasteiger charge is 1.97. The van der Waals surface area contributed by atoms with E-state index in [2.05, 4.69) is 10.2 Å². The third kappa shape index (κ3) is 3.19. The Kier molecular flexibility index (Phi) is 3.61. The van der Waals surface area contributed by atoms with E-state index in [0.29, 0.717) is 21.4 Å². The van der Waals surface area contributed by atoms with E-state index in [1.165, 1.54) is 0 Å². The number of nitrogens with zero attached hydrogens (tertiary/aromatic N) is 2. The molecule has 0 saturated carbocycles. The van der Waals surface area contributed by atoms with E-state index >= 15 is 0 Å². The molecule has 0 saturated heterocycles. The van der Waals surface area contributed by atoms with Crippen molar-refractivity contribution in [2.45, 2.75) is 0 Å². The van der Waals surface area contributed by atoms with Crippen molar-refractivity contribution >= 4 is 40.3 Å². The van der Waals surface area contributed by atoms with Gasteiger partial charge in [-0.3, -0.25) is 0 Å². The summed E-state index contributed by atoms with van der Waals surface area (Å²) in [6.07, 6.45) is 0. The van der Waals surface area contributed by atoms with Gasteiger partial charge in [0, 0.05) is 5.02 Å². The first-order valence-corrected chi connectivity index (χ1v) is 5.63. The van der Waals surface area contributed by atoms with Crippen LogP contribution in [0.3, 0.4) is 0 Å². The fraction of sp³-hybridized carbons (Fsp3) is 0. The molecule has 0 aliphatic carbocycles. The number of nitrogen functional groups attached to an aromatic ring is 1. The Hall–Kier alpha value is -1.58. The van der Waals surface area contributed by atoms with Crippen LogP contribution in [0.5, 0.6) is 0 Å². The van der Waals surface area contributed by atoms with E-state index in [0.717, 1.165) is 5.69 Å². The molecule has 0 amide bonds. The normalized spacial score (nSPS) is 10.9. The highest BCUT2D eigenvalue weighted by atomic mass is 35.5. The lowest BCUT2D eigenvalue weighted by atomic mass is 10.3. The van der Waals surface area contributed by atoms with Gasteiger partial charge in [0.2, 0.25) is 0 Å². The minimum Gasteiger partial charge on any atom is -0.398 e. The molecule has 2 N–H and O–H groups in total. The van der Waals surface area contributed by atoms with E-state index in [9.17, 15) is 0 Å². The maximum atomic E-state index is 5.87. The molecule has 0 unspecified atom stereocenters. The van der Waals surface area contributed by atoms with Gasteiger partial charge in [-0.05, 0) is 42.5 Å². The zero-order valence-corrected chi connectivity index (χ0v) is 10.3. The van der Waals surface area contributed by atoms with Gasteiger partial charge in [0.1, 0.15) is 0 Å². The summed E-state index contributed by atoms with van der Waals surface area (Å²) in [6, 6.07) is 12.2. The lowest BCUT2D eigenvalue weighted by molar-refractivity contribution is 1.23. The van der Waals surface area contributed by atoms with Crippen molar-refractivity contribution in [3.05, 3.63) is 52.5 Å². The molecule has 17 heavy (non-hydrogen) atoms. The molecule has 2 aromatic rings. The van der Waals surface area contributed by atoms with Gasteiger partial charge in [0.05, 0.1) is 22.1 Å². The summed E-state index contributed by atoms with van der Waals surface area (Å²) in [5.74, 6) is 0. The molecule has 86 valence electrons. The number of hydrogen-bond donors (Lipinski definition) is 1. The van der Waals surface area contributed by atoms with E-state index in [1.54, 1.807) is 42.5 Å². The Morgan fingerprint density at radius 1 is 0.824 bits per heavy atom. The molecule has 2 aromatic carbocycles. The van der Waals surface area contributed by atoms with Gasteiger partial charge in [-0.2, -0.15) is 10.2 Å². The smallest absolute Gasteiger partial charge is 0.0873 e. The standard InChI is InChI=1S/C12H9Cl2N3/c13-8-1-3-9(4-2-8)16-17-10-5-6-12(15)11(14)7-10/h1-7H,15H2. The molecule has 0 aliphatic heterocycles. The molecule has 0 fully saturated rings. The minimum atomic E-state index is 0.470. The molecule has 3 nitrogen and oxygen atoms in total. The van der Waals surface area contributed by atoms with Crippen LogP contribution in [0.4, 0.5) is 17.1 Å². The lowest BCUT2D eigenvalue weighted by Gasteiger charge is -1.98. The largest absolute Gasteiger partial charge is 0.398 e. The molecule has 0 atom stereocenters. The highest BCUT2D eigenvalue weighted by molar-refractivity contribution is 6.33. The van der Waals surface area contributed by atoms with E-state index in [4.69, 9.17) is 28.9 Å². The van der Waals surface area contributed by atoms with Crippen LogP contribution in [0, 0.1) is 0 Å². The second-order valence-corrected chi connectivity index (χ2v) is 4.23. The zero-order chi connectivity index (χ0) is 12.3.